The number of quaternary nitrogens is 1. The molecule has 0 saturated carbocycles. The number of benzene rings is 1. The summed E-state index contributed by atoms with van der Waals surface area (Å²) in [5.74, 6) is 0.810. The normalized spacial score (nSPS) is 35.0. The van der Waals surface area contributed by atoms with E-state index in [1.165, 1.54) is 18.2 Å². The summed E-state index contributed by atoms with van der Waals surface area (Å²) in [7, 11) is 3.19. The number of para-hydroxylation sites is 1. The van der Waals surface area contributed by atoms with E-state index in [0.717, 1.165) is 48.6 Å². The molecule has 2 fully saturated rings. The number of hydrogen-bond acceptors (Lipinski definition) is 4. The number of allylic oxidation sites excluding steroid dienone is 1. The molecule has 136 valence electrons. The third kappa shape index (κ3) is 1.72. The smallest absolute Gasteiger partial charge is 0.336 e. The summed E-state index contributed by atoms with van der Waals surface area (Å²) in [6.45, 7) is 4.25. The second-order valence-electron chi connectivity index (χ2n) is 7.80. The van der Waals surface area contributed by atoms with E-state index in [2.05, 4.69) is 30.4 Å². The van der Waals surface area contributed by atoms with Gasteiger partial charge < -0.3 is 19.7 Å². The van der Waals surface area contributed by atoms with Gasteiger partial charge in [-0.2, -0.15) is 0 Å². The molecule has 0 aromatic heterocycles. The number of rotatable bonds is 2. The summed E-state index contributed by atoms with van der Waals surface area (Å²) in [4.78, 5) is 14.5. The van der Waals surface area contributed by atoms with E-state index in [1.54, 1.807) is 12.0 Å². The van der Waals surface area contributed by atoms with E-state index in [9.17, 15) is 4.79 Å². The van der Waals surface area contributed by atoms with Crippen molar-refractivity contribution in [1.29, 1.82) is 0 Å². The van der Waals surface area contributed by atoms with Crippen LogP contribution in [0, 0.1) is 5.92 Å². The first-order valence-electron chi connectivity index (χ1n) is 9.42. The van der Waals surface area contributed by atoms with Crippen molar-refractivity contribution in [3.8, 4) is 5.75 Å². The molecule has 4 atom stereocenters. The van der Waals surface area contributed by atoms with Crippen LogP contribution in [0.25, 0.3) is 0 Å². The van der Waals surface area contributed by atoms with Gasteiger partial charge in [-0.25, -0.2) is 4.79 Å². The Hall–Kier alpha value is -2.27. The fourth-order valence-electron chi connectivity index (χ4n) is 6.04. The molecule has 26 heavy (non-hydrogen) atoms. The van der Waals surface area contributed by atoms with Crippen LogP contribution in [0.2, 0.25) is 0 Å². The number of nitrogens with one attached hydrogen (secondary N) is 2. The van der Waals surface area contributed by atoms with Crippen LogP contribution in [0.15, 0.2) is 41.1 Å². The first-order chi connectivity index (χ1) is 12.7. The maximum absolute atomic E-state index is 12.9. The van der Waals surface area contributed by atoms with Crippen LogP contribution in [0.3, 0.4) is 0 Å². The molecule has 5 nitrogen and oxygen atoms in total. The molecule has 0 amide bonds. The number of anilines is 1. The first-order valence-corrected chi connectivity index (χ1v) is 9.42. The molecule has 4 aliphatic rings. The lowest BCUT2D eigenvalue weighted by molar-refractivity contribution is -0.914. The van der Waals surface area contributed by atoms with Gasteiger partial charge in [0.25, 0.3) is 0 Å². The molecule has 1 unspecified atom stereocenters. The number of carbonyl (C=O) groups is 1. The number of hydrogen-bond donors (Lipinski definition) is 2. The van der Waals surface area contributed by atoms with Crippen LogP contribution in [0.5, 0.6) is 5.75 Å². The Morgan fingerprint density at radius 2 is 2.23 bits per heavy atom. The average molecular weight is 353 g/mol. The highest BCUT2D eigenvalue weighted by atomic mass is 16.5. The van der Waals surface area contributed by atoms with E-state index >= 15 is 0 Å². The van der Waals surface area contributed by atoms with E-state index in [4.69, 9.17) is 9.47 Å². The van der Waals surface area contributed by atoms with Crippen molar-refractivity contribution in [2.24, 2.45) is 5.92 Å². The summed E-state index contributed by atoms with van der Waals surface area (Å²) in [6.07, 6.45) is 4.27. The third-order valence-corrected chi connectivity index (χ3v) is 7.10. The van der Waals surface area contributed by atoms with Gasteiger partial charge in [-0.1, -0.05) is 18.2 Å². The van der Waals surface area contributed by atoms with Crippen LogP contribution < -0.4 is 15.0 Å². The minimum atomic E-state index is -0.197. The van der Waals surface area contributed by atoms with Crippen LogP contribution in [0.4, 0.5) is 5.69 Å². The molecular formula is C21H25N2O3+. The van der Waals surface area contributed by atoms with Crippen molar-refractivity contribution >= 4 is 11.7 Å². The van der Waals surface area contributed by atoms with E-state index < -0.39 is 0 Å². The molecule has 2 saturated heterocycles. The maximum Gasteiger partial charge on any atom is 0.336 e. The van der Waals surface area contributed by atoms with Gasteiger partial charge in [0.15, 0.2) is 0 Å². The van der Waals surface area contributed by atoms with Crippen molar-refractivity contribution in [2.45, 2.75) is 31.2 Å². The maximum atomic E-state index is 12.9. The Bertz CT molecular complexity index is 872. The topological polar surface area (TPSA) is 52.0 Å². The Kier molecular flexibility index (Phi) is 3.29. The molecular weight excluding hydrogens is 328 g/mol. The average Bonchev–Trinajstić information content (AvgIpc) is 3.23. The predicted molar refractivity (Wildman–Crippen MR) is 98.3 cm³/mol. The minimum Gasteiger partial charge on any atom is -0.495 e. The predicted octanol–water partition coefficient (Wildman–Crippen LogP) is 1.42. The standard InChI is InChI=1S/C21H24N2O3/c1-4-12-11-23-9-8-21-14-6-5-7-15(25-2)18(14)22-19(21)17(20(24)26-3)13(12)10-16(21)23/h4-7,13,16,22H,8-11H2,1-3H3/p+1/b12-4-/t13-,16-,21+/m1/s1. The van der Waals surface area contributed by atoms with Gasteiger partial charge in [0.1, 0.15) is 11.8 Å². The molecule has 1 aliphatic carbocycles. The SMILES string of the molecule is C/C=C1/C[NH+]2CC[C@@]34C(=C(C(=O)OC)[C@@H]1C[C@@H]23)Nc1c(OC)cccc14. The van der Waals surface area contributed by atoms with Crippen LogP contribution in [-0.4, -0.2) is 39.3 Å². The van der Waals surface area contributed by atoms with Crippen molar-refractivity contribution in [3.05, 3.63) is 46.7 Å². The molecule has 1 spiro atoms. The molecule has 1 aromatic carbocycles. The highest BCUT2D eigenvalue weighted by Crippen LogP contribution is 2.58. The Labute approximate surface area is 153 Å². The molecule has 3 aliphatic heterocycles. The monoisotopic (exact) mass is 353 g/mol. The van der Waals surface area contributed by atoms with Gasteiger partial charge in [-0.05, 0) is 24.1 Å². The summed E-state index contributed by atoms with van der Waals surface area (Å²) in [6, 6.07) is 6.77. The molecule has 5 heteroatoms. The van der Waals surface area contributed by atoms with E-state index in [0.29, 0.717) is 6.04 Å². The quantitative estimate of drug-likeness (QED) is 0.624. The fraction of sp³-hybridized carbons (Fsp3) is 0.476. The Morgan fingerprint density at radius 3 is 2.96 bits per heavy atom. The van der Waals surface area contributed by atoms with Crippen LogP contribution >= 0.6 is 0 Å². The second-order valence-corrected chi connectivity index (χ2v) is 7.80. The molecule has 5 rings (SSSR count). The zero-order valence-corrected chi connectivity index (χ0v) is 15.5. The summed E-state index contributed by atoms with van der Waals surface area (Å²) in [5.41, 5.74) is 5.47. The van der Waals surface area contributed by atoms with Crippen molar-refractivity contribution < 1.29 is 19.2 Å². The summed E-state index contributed by atoms with van der Waals surface area (Å²) >= 11 is 0. The van der Waals surface area contributed by atoms with Crippen LogP contribution in [-0.2, 0) is 14.9 Å². The van der Waals surface area contributed by atoms with Crippen molar-refractivity contribution in [1.82, 2.24) is 0 Å². The van der Waals surface area contributed by atoms with Gasteiger partial charge in [-0.3, -0.25) is 0 Å². The Balaban J connectivity index is 1.82. The highest BCUT2D eigenvalue weighted by Gasteiger charge is 2.65. The molecule has 1 aromatic rings. The lowest BCUT2D eigenvalue weighted by atomic mass is 9.62. The zero-order valence-electron chi connectivity index (χ0n) is 15.5. The Morgan fingerprint density at radius 1 is 1.38 bits per heavy atom. The van der Waals surface area contributed by atoms with Crippen molar-refractivity contribution in [2.75, 3.05) is 32.6 Å². The number of methoxy groups -OCH3 is 2. The van der Waals surface area contributed by atoms with Gasteiger partial charge in [0.05, 0.1) is 44.0 Å². The first kappa shape index (κ1) is 15.9. The van der Waals surface area contributed by atoms with Gasteiger partial charge in [-0.15, -0.1) is 0 Å². The summed E-state index contributed by atoms with van der Waals surface area (Å²) < 4.78 is 10.9. The largest absolute Gasteiger partial charge is 0.495 e. The molecule has 2 N–H and O–H groups in total. The minimum absolute atomic E-state index is 0.113. The van der Waals surface area contributed by atoms with Gasteiger partial charge in [0.2, 0.25) is 0 Å². The summed E-state index contributed by atoms with van der Waals surface area (Å²) in [5, 5.41) is 3.63. The number of fused-ring (bicyclic) bond motifs is 2. The second kappa shape index (κ2) is 5.36. The van der Waals surface area contributed by atoms with E-state index in [1.807, 2.05) is 6.07 Å². The lowest BCUT2D eigenvalue weighted by Crippen LogP contribution is -3.16. The zero-order chi connectivity index (χ0) is 18.1. The lowest BCUT2D eigenvalue weighted by Gasteiger charge is -2.45. The van der Waals surface area contributed by atoms with Gasteiger partial charge in [0, 0.05) is 24.5 Å². The van der Waals surface area contributed by atoms with Gasteiger partial charge >= 0.3 is 5.97 Å². The van der Waals surface area contributed by atoms with Crippen molar-refractivity contribution in [3.63, 3.8) is 0 Å². The van der Waals surface area contributed by atoms with Crippen LogP contribution in [0.1, 0.15) is 25.3 Å². The number of piperidine rings is 1. The third-order valence-electron chi connectivity index (χ3n) is 7.10. The fourth-order valence-corrected chi connectivity index (χ4v) is 6.04. The highest BCUT2D eigenvalue weighted by molar-refractivity contribution is 5.94. The number of ether oxygens (including phenoxy) is 2. The number of carbonyl (C=O) groups excluding carboxylic acids is 1. The van der Waals surface area contributed by atoms with E-state index in [-0.39, 0.29) is 17.3 Å². The molecule has 2 bridgehead atoms. The molecule has 0 radical (unpaired) electrons. The molecule has 3 heterocycles. The number of esters is 1.